The van der Waals surface area contributed by atoms with Gasteiger partial charge in [-0.3, -0.25) is 9.97 Å². The second kappa shape index (κ2) is 9.04. The Balaban J connectivity index is 1.64. The van der Waals surface area contributed by atoms with Crippen LogP contribution in [0.3, 0.4) is 0 Å². The monoisotopic (exact) mass is 433 g/mol. The van der Waals surface area contributed by atoms with E-state index in [1.807, 2.05) is 54.6 Å². The summed E-state index contributed by atoms with van der Waals surface area (Å²) in [6.45, 7) is 2.08. The number of benzene rings is 2. The zero-order valence-electron chi connectivity index (χ0n) is 18.4. The fourth-order valence-electron chi connectivity index (χ4n) is 3.76. The van der Waals surface area contributed by atoms with E-state index in [0.717, 1.165) is 44.9 Å². The number of ether oxygens (including phenoxy) is 1. The molecule has 0 aliphatic heterocycles. The van der Waals surface area contributed by atoms with Gasteiger partial charge in [0, 0.05) is 29.5 Å². The molecule has 162 valence electrons. The lowest BCUT2D eigenvalue weighted by Gasteiger charge is -2.17. The molecule has 1 atom stereocenters. The molecule has 0 radical (unpaired) electrons. The summed E-state index contributed by atoms with van der Waals surface area (Å²) in [5, 5.41) is 4.49. The van der Waals surface area contributed by atoms with Crippen LogP contribution in [0.2, 0.25) is 0 Å². The van der Waals surface area contributed by atoms with Gasteiger partial charge in [0.2, 0.25) is 0 Å². The smallest absolute Gasteiger partial charge is 0.163 e. The molecule has 1 N–H and O–H groups in total. The maximum absolute atomic E-state index is 5.40. The number of rotatable bonds is 6. The first kappa shape index (κ1) is 20.6. The second-order valence-corrected chi connectivity index (χ2v) is 7.72. The molecule has 0 saturated carbocycles. The van der Waals surface area contributed by atoms with Crippen molar-refractivity contribution in [2.45, 2.75) is 13.0 Å². The third-order valence-corrected chi connectivity index (χ3v) is 5.50. The first-order valence-electron chi connectivity index (χ1n) is 10.8. The Morgan fingerprint density at radius 1 is 0.818 bits per heavy atom. The number of aromatic nitrogens is 4. The lowest BCUT2D eigenvalue weighted by molar-refractivity contribution is 0.415. The normalized spacial score (nSPS) is 11.8. The average molecular weight is 434 g/mol. The van der Waals surface area contributed by atoms with E-state index in [4.69, 9.17) is 14.7 Å². The van der Waals surface area contributed by atoms with Crippen molar-refractivity contribution < 1.29 is 4.74 Å². The van der Waals surface area contributed by atoms with Crippen molar-refractivity contribution in [1.82, 2.24) is 19.9 Å². The van der Waals surface area contributed by atoms with Crippen LogP contribution >= 0.6 is 0 Å². The summed E-state index contributed by atoms with van der Waals surface area (Å²) in [5.41, 5.74) is 4.79. The third kappa shape index (κ3) is 4.36. The summed E-state index contributed by atoms with van der Waals surface area (Å²) in [4.78, 5) is 18.4. The zero-order valence-corrected chi connectivity index (χ0v) is 18.4. The van der Waals surface area contributed by atoms with Gasteiger partial charge in [-0.1, -0.05) is 24.3 Å². The molecule has 6 nitrogen and oxygen atoms in total. The predicted molar refractivity (Wildman–Crippen MR) is 131 cm³/mol. The molecule has 3 heterocycles. The van der Waals surface area contributed by atoms with Gasteiger partial charge in [-0.15, -0.1) is 0 Å². The van der Waals surface area contributed by atoms with E-state index in [-0.39, 0.29) is 6.04 Å². The van der Waals surface area contributed by atoms with Crippen LogP contribution in [0.25, 0.3) is 33.4 Å². The number of nitrogens with zero attached hydrogens (tertiary/aromatic N) is 4. The van der Waals surface area contributed by atoms with E-state index < -0.39 is 0 Å². The highest BCUT2D eigenvalue weighted by Gasteiger charge is 2.15. The van der Waals surface area contributed by atoms with Crippen molar-refractivity contribution in [3.8, 4) is 28.3 Å². The van der Waals surface area contributed by atoms with Crippen molar-refractivity contribution in [2.24, 2.45) is 0 Å². The molecule has 0 bridgehead atoms. The Hall–Kier alpha value is -4.32. The molecule has 5 rings (SSSR count). The molecular weight excluding hydrogens is 410 g/mol. The van der Waals surface area contributed by atoms with Crippen LogP contribution in [0.4, 0.5) is 5.82 Å². The third-order valence-electron chi connectivity index (χ3n) is 5.50. The topological polar surface area (TPSA) is 72.8 Å². The Labute approximate surface area is 192 Å². The predicted octanol–water partition coefficient (Wildman–Crippen LogP) is 5.94. The molecule has 0 aliphatic rings. The van der Waals surface area contributed by atoms with Crippen molar-refractivity contribution in [1.29, 1.82) is 0 Å². The van der Waals surface area contributed by atoms with Gasteiger partial charge in [0.25, 0.3) is 0 Å². The van der Waals surface area contributed by atoms with E-state index in [1.54, 1.807) is 25.7 Å². The maximum atomic E-state index is 5.40. The minimum absolute atomic E-state index is 0.0356. The van der Waals surface area contributed by atoms with E-state index in [1.165, 1.54) is 0 Å². The molecule has 0 aliphatic carbocycles. The number of nitrogens with one attached hydrogen (secondary N) is 1. The van der Waals surface area contributed by atoms with Crippen molar-refractivity contribution in [3.63, 3.8) is 0 Å². The number of hydrogen-bond donors (Lipinski definition) is 1. The van der Waals surface area contributed by atoms with Crippen molar-refractivity contribution in [2.75, 3.05) is 12.4 Å². The number of hydrogen-bond acceptors (Lipinski definition) is 6. The molecule has 2 aromatic carbocycles. The van der Waals surface area contributed by atoms with Gasteiger partial charge in [0.1, 0.15) is 11.6 Å². The summed E-state index contributed by atoms with van der Waals surface area (Å²) >= 11 is 0. The van der Waals surface area contributed by atoms with Gasteiger partial charge < -0.3 is 10.1 Å². The number of anilines is 1. The number of fused-ring (bicyclic) bond motifs is 1. The molecule has 1 unspecified atom stereocenters. The molecule has 3 aromatic heterocycles. The van der Waals surface area contributed by atoms with E-state index in [0.29, 0.717) is 5.82 Å². The molecule has 33 heavy (non-hydrogen) atoms. The summed E-state index contributed by atoms with van der Waals surface area (Å²) in [6.07, 6.45) is 5.32. The summed E-state index contributed by atoms with van der Waals surface area (Å²) in [7, 11) is 1.67. The zero-order chi connectivity index (χ0) is 22.6. The average Bonchev–Trinajstić information content (AvgIpc) is 2.89. The molecular formula is C27H23N5O. The minimum Gasteiger partial charge on any atom is -0.497 e. The summed E-state index contributed by atoms with van der Waals surface area (Å²) in [6, 6.07) is 24.0. The Bertz CT molecular complexity index is 1390. The second-order valence-electron chi connectivity index (χ2n) is 7.72. The highest BCUT2D eigenvalue weighted by Crippen LogP contribution is 2.32. The van der Waals surface area contributed by atoms with Crippen LogP contribution in [0, 0.1) is 0 Å². The van der Waals surface area contributed by atoms with Crippen LogP contribution in [-0.2, 0) is 0 Å². The number of pyridine rings is 2. The molecule has 5 aromatic rings. The Morgan fingerprint density at radius 2 is 1.70 bits per heavy atom. The standard InChI is InChI=1S/C27H23N5O/c1-18(24-10-3-4-14-29-24)30-27-23-16-20(19-7-5-9-22(15-19)33-2)11-12-25(23)31-26(32-27)21-8-6-13-28-17-21/h3-18H,1-2H3,(H,30,31,32). The lowest BCUT2D eigenvalue weighted by Crippen LogP contribution is -2.10. The van der Waals surface area contributed by atoms with Crippen LogP contribution in [0.1, 0.15) is 18.7 Å². The quantitative estimate of drug-likeness (QED) is 0.357. The summed E-state index contributed by atoms with van der Waals surface area (Å²) < 4.78 is 5.40. The lowest BCUT2D eigenvalue weighted by atomic mass is 10.0. The largest absolute Gasteiger partial charge is 0.497 e. The van der Waals surface area contributed by atoms with Gasteiger partial charge >= 0.3 is 0 Å². The molecule has 0 saturated heterocycles. The molecule has 6 heteroatoms. The van der Waals surface area contributed by atoms with E-state index in [2.05, 4.69) is 40.4 Å². The highest BCUT2D eigenvalue weighted by atomic mass is 16.5. The van der Waals surface area contributed by atoms with Gasteiger partial charge in [-0.2, -0.15) is 0 Å². The van der Waals surface area contributed by atoms with Gasteiger partial charge in [0.05, 0.1) is 24.4 Å². The fraction of sp³-hybridized carbons (Fsp3) is 0.111. The van der Waals surface area contributed by atoms with Crippen molar-refractivity contribution in [3.05, 3.63) is 97.1 Å². The van der Waals surface area contributed by atoms with E-state index >= 15 is 0 Å². The van der Waals surface area contributed by atoms with Gasteiger partial charge in [-0.25, -0.2) is 9.97 Å². The highest BCUT2D eigenvalue weighted by molar-refractivity contribution is 5.94. The first-order chi connectivity index (χ1) is 16.2. The van der Waals surface area contributed by atoms with Crippen LogP contribution in [-0.4, -0.2) is 27.0 Å². The van der Waals surface area contributed by atoms with Crippen LogP contribution in [0.15, 0.2) is 91.4 Å². The molecule has 0 fully saturated rings. The van der Waals surface area contributed by atoms with Gasteiger partial charge in [-0.05, 0) is 66.6 Å². The summed E-state index contributed by atoms with van der Waals surface area (Å²) in [5.74, 6) is 2.19. The minimum atomic E-state index is -0.0356. The van der Waals surface area contributed by atoms with Crippen LogP contribution < -0.4 is 10.1 Å². The van der Waals surface area contributed by atoms with Crippen LogP contribution in [0.5, 0.6) is 5.75 Å². The molecule has 0 spiro atoms. The maximum Gasteiger partial charge on any atom is 0.163 e. The SMILES string of the molecule is COc1cccc(-c2ccc3nc(-c4cccnc4)nc(NC(C)c4ccccn4)c3c2)c1. The van der Waals surface area contributed by atoms with Crippen molar-refractivity contribution >= 4 is 16.7 Å². The van der Waals surface area contributed by atoms with Gasteiger partial charge in [0.15, 0.2) is 5.82 Å². The fourth-order valence-corrected chi connectivity index (χ4v) is 3.76. The van der Waals surface area contributed by atoms with E-state index in [9.17, 15) is 0 Å². The molecule has 0 amide bonds. The Morgan fingerprint density at radius 3 is 2.48 bits per heavy atom. The number of methoxy groups -OCH3 is 1. The Kier molecular flexibility index (Phi) is 5.64. The first-order valence-corrected chi connectivity index (χ1v) is 10.8.